The number of para-hydroxylation sites is 1. The zero-order valence-electron chi connectivity index (χ0n) is 9.08. The average Bonchev–Trinajstić information content (AvgIpc) is 2.30. The second kappa shape index (κ2) is 5.68. The van der Waals surface area contributed by atoms with Crippen molar-refractivity contribution in [2.45, 2.75) is 6.92 Å². The van der Waals surface area contributed by atoms with Crippen molar-refractivity contribution in [1.29, 1.82) is 0 Å². The maximum atomic E-state index is 11.9. The van der Waals surface area contributed by atoms with Crippen LogP contribution in [0, 0.1) is 0 Å². The van der Waals surface area contributed by atoms with E-state index in [1.54, 1.807) is 37.3 Å². The van der Waals surface area contributed by atoms with E-state index in [0.717, 1.165) is 7.11 Å². The van der Waals surface area contributed by atoms with Gasteiger partial charge in [0.1, 0.15) is 5.75 Å². The van der Waals surface area contributed by atoms with E-state index in [0.29, 0.717) is 5.75 Å². The minimum absolute atomic E-state index is 0.115. The van der Waals surface area contributed by atoms with E-state index in [9.17, 15) is 9.36 Å². The number of ether oxygens (including phenoxy) is 1. The molecule has 0 saturated heterocycles. The van der Waals surface area contributed by atoms with Gasteiger partial charge in [-0.2, -0.15) is 0 Å². The summed E-state index contributed by atoms with van der Waals surface area (Å²) in [7, 11) is -2.75. The van der Waals surface area contributed by atoms with Crippen LogP contribution in [0.3, 0.4) is 0 Å². The minimum Gasteiger partial charge on any atom is -0.456 e. The summed E-state index contributed by atoms with van der Waals surface area (Å²) in [4.78, 5) is 11.4. The molecule has 0 aromatic heterocycles. The summed E-state index contributed by atoms with van der Waals surface area (Å²) in [5.74, 6) is 0.292. The molecule has 0 aliphatic heterocycles. The first-order chi connectivity index (χ1) is 7.62. The van der Waals surface area contributed by atoms with Crippen LogP contribution < -0.4 is 4.52 Å². The largest absolute Gasteiger partial charge is 0.487 e. The SMILES string of the molecule is CCOC(=O)P(=O)(OC)Oc1ccccc1. The van der Waals surface area contributed by atoms with Crippen molar-refractivity contribution in [3.05, 3.63) is 30.3 Å². The van der Waals surface area contributed by atoms with Gasteiger partial charge in [0.05, 0.1) is 6.61 Å². The van der Waals surface area contributed by atoms with Crippen molar-refractivity contribution in [2.24, 2.45) is 0 Å². The number of rotatable bonds is 5. The van der Waals surface area contributed by atoms with Gasteiger partial charge >= 0.3 is 13.3 Å². The highest BCUT2D eigenvalue weighted by atomic mass is 31.2. The summed E-state index contributed by atoms with van der Waals surface area (Å²) < 4.78 is 26.2. The van der Waals surface area contributed by atoms with Crippen LogP contribution in [-0.4, -0.2) is 19.4 Å². The fourth-order valence-electron chi connectivity index (χ4n) is 0.972. The molecule has 0 radical (unpaired) electrons. The van der Waals surface area contributed by atoms with Crippen molar-refractivity contribution in [3.8, 4) is 5.75 Å². The molecular weight excluding hydrogens is 231 g/mol. The maximum Gasteiger partial charge on any atom is 0.487 e. The summed E-state index contributed by atoms with van der Waals surface area (Å²) in [5, 5.41) is 0. The fraction of sp³-hybridized carbons (Fsp3) is 0.300. The van der Waals surface area contributed by atoms with Crippen molar-refractivity contribution in [2.75, 3.05) is 13.7 Å². The Morgan fingerprint density at radius 2 is 1.94 bits per heavy atom. The lowest BCUT2D eigenvalue weighted by Gasteiger charge is -2.14. The van der Waals surface area contributed by atoms with Crippen LogP contribution in [0.2, 0.25) is 0 Å². The van der Waals surface area contributed by atoms with Gasteiger partial charge in [0.25, 0.3) is 0 Å². The summed E-state index contributed by atoms with van der Waals surface area (Å²) in [6, 6.07) is 8.31. The van der Waals surface area contributed by atoms with Gasteiger partial charge in [-0.15, -0.1) is 0 Å². The number of hydrogen-bond donors (Lipinski definition) is 0. The zero-order chi connectivity index (χ0) is 12.0. The molecule has 16 heavy (non-hydrogen) atoms. The molecule has 6 heteroatoms. The third-order valence-corrected chi connectivity index (χ3v) is 3.21. The molecule has 0 amide bonds. The molecular formula is C10H13O5P. The Labute approximate surface area is 93.9 Å². The van der Waals surface area contributed by atoms with Crippen LogP contribution in [0.1, 0.15) is 6.92 Å². The Morgan fingerprint density at radius 1 is 1.31 bits per heavy atom. The van der Waals surface area contributed by atoms with E-state index >= 15 is 0 Å². The molecule has 88 valence electrons. The van der Waals surface area contributed by atoms with Crippen LogP contribution in [0.15, 0.2) is 30.3 Å². The van der Waals surface area contributed by atoms with Gasteiger partial charge in [-0.3, -0.25) is 4.52 Å². The third-order valence-electron chi connectivity index (χ3n) is 1.70. The molecule has 0 heterocycles. The van der Waals surface area contributed by atoms with Gasteiger partial charge in [-0.05, 0) is 19.1 Å². The summed E-state index contributed by atoms with van der Waals surface area (Å²) in [6.07, 6.45) is 0. The average molecular weight is 244 g/mol. The highest BCUT2D eigenvalue weighted by Crippen LogP contribution is 2.49. The number of benzene rings is 1. The van der Waals surface area contributed by atoms with Crippen LogP contribution in [0.25, 0.3) is 0 Å². The predicted octanol–water partition coefficient (Wildman–Crippen LogP) is 3.06. The third kappa shape index (κ3) is 3.08. The van der Waals surface area contributed by atoms with Crippen LogP contribution in [-0.2, 0) is 13.8 Å². The van der Waals surface area contributed by atoms with E-state index in [-0.39, 0.29) is 6.61 Å². The lowest BCUT2D eigenvalue weighted by atomic mass is 10.3. The molecule has 5 nitrogen and oxygen atoms in total. The lowest BCUT2D eigenvalue weighted by molar-refractivity contribution is 0.167. The van der Waals surface area contributed by atoms with E-state index in [1.165, 1.54) is 0 Å². The Morgan fingerprint density at radius 3 is 2.44 bits per heavy atom. The molecule has 1 rings (SSSR count). The molecule has 0 bridgehead atoms. The monoisotopic (exact) mass is 244 g/mol. The van der Waals surface area contributed by atoms with E-state index < -0.39 is 13.3 Å². The Balaban J connectivity index is 2.82. The molecule has 0 N–H and O–H groups in total. The molecule has 0 aliphatic rings. The summed E-state index contributed by atoms with van der Waals surface area (Å²) in [6.45, 7) is 1.73. The normalized spacial score (nSPS) is 13.9. The maximum absolute atomic E-state index is 11.9. The minimum atomic E-state index is -3.89. The highest BCUT2D eigenvalue weighted by Gasteiger charge is 2.37. The first-order valence-corrected chi connectivity index (χ1v) is 6.24. The molecule has 1 unspecified atom stereocenters. The van der Waals surface area contributed by atoms with Gasteiger partial charge in [0.2, 0.25) is 0 Å². The van der Waals surface area contributed by atoms with Gasteiger partial charge in [-0.1, -0.05) is 18.2 Å². The standard InChI is InChI=1S/C10H13O5P/c1-3-14-10(11)16(12,13-2)15-9-7-5-4-6-8-9/h4-8H,3H2,1-2H3. The number of hydrogen-bond acceptors (Lipinski definition) is 5. The summed E-state index contributed by atoms with van der Waals surface area (Å²) in [5.41, 5.74) is -0.985. The molecule has 0 fully saturated rings. The second-order valence-electron chi connectivity index (χ2n) is 2.78. The van der Waals surface area contributed by atoms with Crippen LogP contribution >= 0.6 is 7.60 Å². The molecule has 1 aromatic carbocycles. The van der Waals surface area contributed by atoms with Gasteiger partial charge in [0, 0.05) is 7.11 Å². The Kier molecular flexibility index (Phi) is 4.52. The molecule has 1 atom stereocenters. The van der Waals surface area contributed by atoms with Crippen LogP contribution in [0.5, 0.6) is 5.75 Å². The Hall–Kier alpha value is -1.32. The van der Waals surface area contributed by atoms with Gasteiger partial charge in [0.15, 0.2) is 0 Å². The van der Waals surface area contributed by atoms with Crippen molar-refractivity contribution >= 4 is 13.3 Å². The topological polar surface area (TPSA) is 61.8 Å². The molecule has 0 aliphatic carbocycles. The van der Waals surface area contributed by atoms with E-state index in [2.05, 4.69) is 9.26 Å². The molecule has 1 aromatic rings. The second-order valence-corrected chi connectivity index (χ2v) is 4.69. The van der Waals surface area contributed by atoms with E-state index in [1.807, 2.05) is 0 Å². The van der Waals surface area contributed by atoms with E-state index in [4.69, 9.17) is 4.52 Å². The molecule has 0 spiro atoms. The first kappa shape index (κ1) is 12.7. The smallest absolute Gasteiger partial charge is 0.456 e. The molecule has 0 saturated carbocycles. The zero-order valence-corrected chi connectivity index (χ0v) is 9.98. The van der Waals surface area contributed by atoms with Crippen molar-refractivity contribution in [3.63, 3.8) is 0 Å². The van der Waals surface area contributed by atoms with Crippen molar-refractivity contribution in [1.82, 2.24) is 0 Å². The predicted molar refractivity (Wildman–Crippen MR) is 58.7 cm³/mol. The van der Waals surface area contributed by atoms with Crippen molar-refractivity contribution < 1.29 is 23.1 Å². The first-order valence-electron chi connectivity index (χ1n) is 4.70. The van der Waals surface area contributed by atoms with Gasteiger partial charge in [-0.25, -0.2) is 9.36 Å². The summed E-state index contributed by atoms with van der Waals surface area (Å²) >= 11 is 0. The lowest BCUT2D eigenvalue weighted by Crippen LogP contribution is -2.09. The van der Waals surface area contributed by atoms with Crippen LogP contribution in [0.4, 0.5) is 4.79 Å². The Bertz CT molecular complexity index is 389. The fourth-order valence-corrected chi connectivity index (χ4v) is 1.96. The highest BCUT2D eigenvalue weighted by molar-refractivity contribution is 7.71. The number of carbonyl (C=O) groups is 1. The van der Waals surface area contributed by atoms with Gasteiger partial charge < -0.3 is 9.26 Å². The quantitative estimate of drug-likeness (QED) is 0.745. The number of carbonyl (C=O) groups excluding carboxylic acids is 1.